The maximum Gasteiger partial charge on any atom is 0.173 e. The molecule has 0 saturated carbocycles. The van der Waals surface area contributed by atoms with E-state index in [1.54, 1.807) is 24.3 Å². The number of rotatable bonds is 11. The highest BCUT2D eigenvalue weighted by Crippen LogP contribution is 2.19. The maximum atomic E-state index is 12.0. The maximum absolute atomic E-state index is 12.0. The summed E-state index contributed by atoms with van der Waals surface area (Å²) in [4.78, 5) is 47.8. The lowest BCUT2D eigenvalue weighted by molar-refractivity contribution is -0.120. The van der Waals surface area contributed by atoms with Crippen LogP contribution in [0.2, 0.25) is 0 Å². The quantitative estimate of drug-likeness (QED) is 0.349. The minimum Gasteiger partial charge on any atom is -0.507 e. The lowest BCUT2D eigenvalue weighted by Crippen LogP contribution is -2.10. The molecule has 0 aliphatic heterocycles. The van der Waals surface area contributed by atoms with E-state index in [4.69, 9.17) is 0 Å². The third kappa shape index (κ3) is 6.16. The van der Waals surface area contributed by atoms with Gasteiger partial charge in [0.2, 0.25) is 0 Å². The van der Waals surface area contributed by atoms with Gasteiger partial charge in [0.25, 0.3) is 0 Å². The van der Waals surface area contributed by atoms with E-state index < -0.39 is 11.6 Å². The van der Waals surface area contributed by atoms with Crippen molar-refractivity contribution in [1.82, 2.24) is 0 Å². The number of unbranched alkanes of at least 4 members (excludes halogenated alkanes) is 1. The number of ketones is 4. The number of para-hydroxylation sites is 2. The molecule has 0 saturated heterocycles. The van der Waals surface area contributed by atoms with E-state index in [0.717, 1.165) is 0 Å². The molecule has 0 heterocycles. The van der Waals surface area contributed by atoms with Crippen LogP contribution in [-0.4, -0.2) is 33.3 Å². The average molecular weight is 382 g/mol. The van der Waals surface area contributed by atoms with Crippen LogP contribution in [0.5, 0.6) is 11.5 Å². The summed E-state index contributed by atoms with van der Waals surface area (Å²) in [5.74, 6) is -1.70. The molecule has 146 valence electrons. The molecule has 0 aliphatic carbocycles. The number of aromatic hydroxyl groups is 2. The lowest BCUT2D eigenvalue weighted by atomic mass is 9.99. The second-order valence-electron chi connectivity index (χ2n) is 6.52. The SMILES string of the molecule is O=C(CCCCC(=O)CC(=O)c1ccccc1O)CC(=O)c1ccccc1O. The van der Waals surface area contributed by atoms with Crippen LogP contribution in [0.15, 0.2) is 48.5 Å². The first-order valence-electron chi connectivity index (χ1n) is 9.04. The Hall–Kier alpha value is -3.28. The van der Waals surface area contributed by atoms with E-state index in [1.807, 2.05) is 0 Å². The van der Waals surface area contributed by atoms with Crippen LogP contribution in [0.4, 0.5) is 0 Å². The van der Waals surface area contributed by atoms with Crippen molar-refractivity contribution in [2.24, 2.45) is 0 Å². The van der Waals surface area contributed by atoms with Crippen molar-refractivity contribution in [2.75, 3.05) is 0 Å². The van der Waals surface area contributed by atoms with E-state index in [-0.39, 0.29) is 59.9 Å². The van der Waals surface area contributed by atoms with Gasteiger partial charge in [0.1, 0.15) is 23.1 Å². The fraction of sp³-hybridized carbons (Fsp3) is 0.273. The number of hydrogen-bond donors (Lipinski definition) is 2. The summed E-state index contributed by atoms with van der Waals surface area (Å²) >= 11 is 0. The van der Waals surface area contributed by atoms with Crippen molar-refractivity contribution in [3.8, 4) is 11.5 Å². The van der Waals surface area contributed by atoms with Gasteiger partial charge in [-0.15, -0.1) is 0 Å². The molecule has 0 amide bonds. The van der Waals surface area contributed by atoms with Gasteiger partial charge in [0.05, 0.1) is 24.0 Å². The Morgan fingerprint density at radius 2 is 0.964 bits per heavy atom. The highest BCUT2D eigenvalue weighted by Gasteiger charge is 2.16. The van der Waals surface area contributed by atoms with Gasteiger partial charge in [-0.3, -0.25) is 19.2 Å². The number of Topliss-reactive ketones (excluding diaryl/α,β-unsaturated/α-hetero) is 4. The van der Waals surface area contributed by atoms with Gasteiger partial charge < -0.3 is 10.2 Å². The fourth-order valence-electron chi connectivity index (χ4n) is 2.79. The Morgan fingerprint density at radius 1 is 0.607 bits per heavy atom. The van der Waals surface area contributed by atoms with Crippen LogP contribution in [0.25, 0.3) is 0 Å². The zero-order chi connectivity index (χ0) is 20.5. The van der Waals surface area contributed by atoms with E-state index in [0.29, 0.717) is 12.8 Å². The first-order chi connectivity index (χ1) is 13.4. The molecule has 0 radical (unpaired) electrons. The van der Waals surface area contributed by atoms with Crippen LogP contribution < -0.4 is 0 Å². The van der Waals surface area contributed by atoms with E-state index >= 15 is 0 Å². The standard InChI is InChI=1S/C22H22O6/c23-15(13-21(27)17-9-3-5-11-19(17)25)7-1-2-8-16(24)14-22(28)18-10-4-6-12-20(18)26/h3-6,9-12,25-26H,1-2,7-8,13-14H2. The van der Waals surface area contributed by atoms with Crippen LogP contribution >= 0.6 is 0 Å². The normalized spacial score (nSPS) is 10.4. The molecule has 2 N–H and O–H groups in total. The second-order valence-corrected chi connectivity index (χ2v) is 6.52. The van der Waals surface area contributed by atoms with Gasteiger partial charge in [-0.2, -0.15) is 0 Å². The summed E-state index contributed by atoms with van der Waals surface area (Å²) < 4.78 is 0. The van der Waals surface area contributed by atoms with E-state index in [1.165, 1.54) is 24.3 Å². The van der Waals surface area contributed by atoms with Gasteiger partial charge in [-0.1, -0.05) is 24.3 Å². The molecule has 0 spiro atoms. The molecule has 6 heteroatoms. The van der Waals surface area contributed by atoms with Crippen molar-refractivity contribution in [1.29, 1.82) is 0 Å². The van der Waals surface area contributed by atoms with Crippen LogP contribution in [0.3, 0.4) is 0 Å². The largest absolute Gasteiger partial charge is 0.507 e. The molecule has 2 aromatic rings. The van der Waals surface area contributed by atoms with Crippen LogP contribution in [0, 0.1) is 0 Å². The monoisotopic (exact) mass is 382 g/mol. The first-order valence-corrected chi connectivity index (χ1v) is 9.04. The Morgan fingerprint density at radius 3 is 1.32 bits per heavy atom. The molecule has 0 fully saturated rings. The number of benzene rings is 2. The Labute approximate surface area is 162 Å². The summed E-state index contributed by atoms with van der Waals surface area (Å²) in [5.41, 5.74) is 0.238. The van der Waals surface area contributed by atoms with Crippen molar-refractivity contribution in [3.05, 3.63) is 59.7 Å². The van der Waals surface area contributed by atoms with Crippen molar-refractivity contribution in [2.45, 2.75) is 38.5 Å². The second kappa shape index (κ2) is 10.2. The van der Waals surface area contributed by atoms with Crippen molar-refractivity contribution < 1.29 is 29.4 Å². The van der Waals surface area contributed by atoms with Crippen molar-refractivity contribution in [3.63, 3.8) is 0 Å². The predicted octanol–water partition coefficient (Wildman–Crippen LogP) is 3.64. The molecule has 2 rings (SSSR count). The summed E-state index contributed by atoms with van der Waals surface area (Å²) in [6.07, 6.45) is 0.585. The first kappa shape index (κ1) is 21.0. The number of carbonyl (C=O) groups is 4. The Bertz CT molecular complexity index is 811. The highest BCUT2D eigenvalue weighted by molar-refractivity contribution is 6.10. The summed E-state index contributed by atoms with van der Waals surface area (Å²) in [6, 6.07) is 12.1. The molecule has 0 unspecified atom stereocenters. The van der Waals surface area contributed by atoms with E-state index in [2.05, 4.69) is 0 Å². The fourth-order valence-corrected chi connectivity index (χ4v) is 2.79. The predicted molar refractivity (Wildman–Crippen MR) is 103 cm³/mol. The summed E-state index contributed by atoms with van der Waals surface area (Å²) in [6.45, 7) is 0. The van der Waals surface area contributed by atoms with Gasteiger partial charge in [0, 0.05) is 12.8 Å². The van der Waals surface area contributed by atoms with Crippen LogP contribution in [0.1, 0.15) is 59.2 Å². The van der Waals surface area contributed by atoms with Gasteiger partial charge >= 0.3 is 0 Å². The Balaban J connectivity index is 1.69. The van der Waals surface area contributed by atoms with E-state index in [9.17, 15) is 29.4 Å². The molecular weight excluding hydrogens is 360 g/mol. The molecule has 0 aliphatic rings. The summed E-state index contributed by atoms with van der Waals surface area (Å²) in [5, 5.41) is 19.3. The molecule has 28 heavy (non-hydrogen) atoms. The van der Waals surface area contributed by atoms with Gasteiger partial charge in [0.15, 0.2) is 11.6 Å². The zero-order valence-electron chi connectivity index (χ0n) is 15.4. The molecule has 2 aromatic carbocycles. The smallest absolute Gasteiger partial charge is 0.173 e. The molecule has 6 nitrogen and oxygen atoms in total. The molecular formula is C22H22O6. The third-order valence-corrected chi connectivity index (χ3v) is 4.29. The van der Waals surface area contributed by atoms with Crippen molar-refractivity contribution >= 4 is 23.1 Å². The number of carbonyl (C=O) groups excluding carboxylic acids is 4. The van der Waals surface area contributed by atoms with Gasteiger partial charge in [-0.05, 0) is 37.1 Å². The topological polar surface area (TPSA) is 109 Å². The number of phenolic OH excluding ortho intramolecular Hbond substituents is 2. The minimum absolute atomic E-state index is 0.119. The zero-order valence-corrected chi connectivity index (χ0v) is 15.4. The molecule has 0 bridgehead atoms. The van der Waals surface area contributed by atoms with Gasteiger partial charge in [-0.25, -0.2) is 0 Å². The minimum atomic E-state index is -0.438. The number of hydrogen-bond acceptors (Lipinski definition) is 6. The van der Waals surface area contributed by atoms with Crippen LogP contribution in [-0.2, 0) is 9.59 Å². The average Bonchev–Trinajstić information content (AvgIpc) is 2.65. The highest BCUT2D eigenvalue weighted by atomic mass is 16.3. The third-order valence-electron chi connectivity index (χ3n) is 4.29. The lowest BCUT2D eigenvalue weighted by Gasteiger charge is -2.04. The number of phenols is 2. The molecule has 0 atom stereocenters. The summed E-state index contributed by atoms with van der Waals surface area (Å²) in [7, 11) is 0. The Kier molecular flexibility index (Phi) is 7.63. The molecule has 0 aromatic heterocycles.